The summed E-state index contributed by atoms with van der Waals surface area (Å²) in [6.45, 7) is 8.98. The standard InChI is InChI=1S/C16H30N6.2ClHO4.Cu/c1-19-7-3-9-22(12-6-18)16-14-20(2)8-4-10-21(11-5-17)15-13-19;2*2-1(3,4)5;/h3-4,7-16H2,1-2H3;2*(H,2,3,4,5);/q;;;+2/p-2. The molecule has 0 aromatic heterocycles. The first-order chi connectivity index (χ1) is 14.7. The van der Waals surface area contributed by atoms with Gasteiger partial charge in [-0.2, -0.15) is 10.5 Å². The molecular weight excluding hydrogens is 539 g/mol. The van der Waals surface area contributed by atoms with Gasteiger partial charge < -0.3 is 9.80 Å². The van der Waals surface area contributed by atoms with E-state index in [1.165, 1.54) is 0 Å². The van der Waals surface area contributed by atoms with Crippen LogP contribution in [0.5, 0.6) is 0 Å². The monoisotopic (exact) mass is 567 g/mol. The molecule has 1 heterocycles. The maximum atomic E-state index is 8.94. The zero-order chi connectivity index (χ0) is 25.2. The third kappa shape index (κ3) is 36.3. The molecule has 0 amide bonds. The van der Waals surface area contributed by atoms with Gasteiger partial charge >= 0.3 is 17.1 Å². The summed E-state index contributed by atoms with van der Waals surface area (Å²) in [7, 11) is -5.61. The maximum Gasteiger partial charge on any atom is 2.00 e. The number of hydrogen-bond acceptors (Lipinski definition) is 14. The number of rotatable bonds is 2. The molecule has 1 aliphatic rings. The van der Waals surface area contributed by atoms with Crippen molar-refractivity contribution in [3.8, 4) is 12.1 Å². The van der Waals surface area contributed by atoms with E-state index < -0.39 is 20.5 Å². The minimum absolute atomic E-state index is 0. The van der Waals surface area contributed by atoms with E-state index >= 15 is 0 Å². The topological polar surface area (TPSA) is 245 Å². The molecule has 197 valence electrons. The van der Waals surface area contributed by atoms with Crippen molar-refractivity contribution in [3.05, 3.63) is 0 Å². The predicted molar refractivity (Wildman–Crippen MR) is 88.3 cm³/mol. The Morgan fingerprint density at radius 2 is 0.848 bits per heavy atom. The van der Waals surface area contributed by atoms with Crippen LogP contribution in [0.25, 0.3) is 0 Å². The summed E-state index contributed by atoms with van der Waals surface area (Å²) in [5.41, 5.74) is 0. The van der Waals surface area contributed by atoms with Crippen LogP contribution >= 0.6 is 0 Å². The molecule has 0 saturated carbocycles. The third-order valence-corrected chi connectivity index (χ3v) is 4.21. The molecule has 33 heavy (non-hydrogen) atoms. The van der Waals surface area contributed by atoms with Gasteiger partial charge in [-0.3, -0.25) is 9.80 Å². The fourth-order valence-corrected chi connectivity index (χ4v) is 2.72. The molecule has 1 fully saturated rings. The van der Waals surface area contributed by atoms with E-state index in [-0.39, 0.29) is 17.1 Å². The van der Waals surface area contributed by atoms with Gasteiger partial charge in [0.2, 0.25) is 0 Å². The summed E-state index contributed by atoms with van der Waals surface area (Å²) in [5.74, 6) is 0. The number of nitriles is 2. The summed E-state index contributed by atoms with van der Waals surface area (Å²) >= 11 is 0. The van der Waals surface area contributed by atoms with E-state index in [0.717, 1.165) is 65.2 Å². The van der Waals surface area contributed by atoms with Crippen LogP contribution in [0, 0.1) is 43.1 Å². The minimum Gasteiger partial charge on any atom is -0.305 e. The Bertz CT molecular complexity index is 499. The van der Waals surface area contributed by atoms with Crippen molar-refractivity contribution in [2.75, 3.05) is 79.5 Å². The van der Waals surface area contributed by atoms with Crippen LogP contribution in [-0.4, -0.2) is 99.1 Å². The average Bonchev–Trinajstić information content (AvgIpc) is 2.61. The molecule has 0 aromatic rings. The second-order valence-corrected chi connectivity index (χ2v) is 8.45. The van der Waals surface area contributed by atoms with Gasteiger partial charge in [0, 0.05) is 39.3 Å². The van der Waals surface area contributed by atoms with Crippen LogP contribution in [0.3, 0.4) is 0 Å². The molecule has 0 bridgehead atoms. The Hall–Kier alpha value is -0.401. The first kappa shape index (κ1) is 37.2. The van der Waals surface area contributed by atoms with Crippen molar-refractivity contribution >= 4 is 0 Å². The van der Waals surface area contributed by atoms with Crippen molar-refractivity contribution in [3.63, 3.8) is 0 Å². The van der Waals surface area contributed by atoms with E-state index in [9.17, 15) is 0 Å². The average molecular weight is 569 g/mol. The Morgan fingerprint density at radius 3 is 1.09 bits per heavy atom. The molecule has 1 saturated heterocycles. The predicted octanol–water partition coefficient (Wildman–Crippen LogP) is -9.22. The van der Waals surface area contributed by atoms with Gasteiger partial charge in [0.1, 0.15) is 0 Å². The Labute approximate surface area is 209 Å². The van der Waals surface area contributed by atoms with Crippen molar-refractivity contribution in [2.24, 2.45) is 0 Å². The summed E-state index contributed by atoms with van der Waals surface area (Å²) in [6.07, 6.45) is 2.17. The van der Waals surface area contributed by atoms with Crippen LogP contribution in [0.1, 0.15) is 12.8 Å². The van der Waals surface area contributed by atoms with Gasteiger partial charge in [-0.15, -0.1) is 20.5 Å². The maximum absolute atomic E-state index is 8.94. The summed E-state index contributed by atoms with van der Waals surface area (Å²) < 4.78 is 67.9. The van der Waals surface area contributed by atoms with E-state index in [0.29, 0.717) is 13.1 Å². The summed E-state index contributed by atoms with van der Waals surface area (Å²) in [6, 6.07) is 4.55. The van der Waals surface area contributed by atoms with Crippen molar-refractivity contribution < 1.29 is 74.8 Å². The number of likely N-dealkylation sites (N-methyl/N-ethyl adjacent to an activating group) is 2. The zero-order valence-electron chi connectivity index (χ0n) is 18.5. The van der Waals surface area contributed by atoms with Gasteiger partial charge in [-0.1, -0.05) is 0 Å². The Morgan fingerprint density at radius 1 is 0.576 bits per heavy atom. The van der Waals surface area contributed by atoms with Gasteiger partial charge in [-0.25, -0.2) is 37.3 Å². The molecule has 0 unspecified atom stereocenters. The molecule has 0 atom stereocenters. The molecular formula is C16H30Cl2CuN6O8. The second kappa shape index (κ2) is 20.9. The van der Waals surface area contributed by atoms with Crippen molar-refractivity contribution in [1.82, 2.24) is 19.6 Å². The zero-order valence-corrected chi connectivity index (χ0v) is 20.9. The molecule has 0 spiro atoms. The number of hydrogen-bond donors (Lipinski definition) is 0. The molecule has 1 rings (SSSR count). The van der Waals surface area contributed by atoms with Gasteiger partial charge in [0.25, 0.3) is 0 Å². The molecule has 14 nitrogen and oxygen atoms in total. The van der Waals surface area contributed by atoms with Gasteiger partial charge in [-0.05, 0) is 40.0 Å². The van der Waals surface area contributed by atoms with Crippen LogP contribution in [0.15, 0.2) is 0 Å². The largest absolute Gasteiger partial charge is 2.00 e. The number of halogens is 2. The first-order valence-corrected chi connectivity index (χ1v) is 11.9. The molecule has 0 aromatic carbocycles. The fraction of sp³-hybridized carbons (Fsp3) is 0.875. The Balaban J connectivity index is -0.000000686. The molecule has 1 radical (unpaired) electrons. The smallest absolute Gasteiger partial charge is 0.305 e. The molecule has 1 aliphatic heterocycles. The minimum atomic E-state index is -4.94. The SMILES string of the molecule is CN1CCCN(CC#N)CCN(C)CCCN(CC#N)CC1.[Cu+2].[O-][Cl+3]([O-])([O-])[O-].[O-][Cl+3]([O-])([O-])[O-]. The molecule has 17 heteroatoms. The summed E-state index contributed by atoms with van der Waals surface area (Å²) in [5, 5.41) is 17.9. The van der Waals surface area contributed by atoms with Crippen LogP contribution in [-0.2, 0) is 17.1 Å². The third-order valence-electron chi connectivity index (χ3n) is 4.21. The van der Waals surface area contributed by atoms with Gasteiger partial charge in [0.05, 0.1) is 25.2 Å². The van der Waals surface area contributed by atoms with E-state index in [2.05, 4.69) is 45.8 Å². The van der Waals surface area contributed by atoms with Crippen LogP contribution in [0.2, 0.25) is 0 Å². The van der Waals surface area contributed by atoms with Crippen molar-refractivity contribution in [1.29, 1.82) is 10.5 Å². The van der Waals surface area contributed by atoms with E-state index in [4.69, 9.17) is 47.8 Å². The van der Waals surface area contributed by atoms with E-state index in [1.54, 1.807) is 0 Å². The quantitative estimate of drug-likeness (QED) is 0.222. The van der Waals surface area contributed by atoms with E-state index in [1.807, 2.05) is 0 Å². The van der Waals surface area contributed by atoms with Crippen molar-refractivity contribution in [2.45, 2.75) is 12.8 Å². The van der Waals surface area contributed by atoms with Gasteiger partial charge in [0.15, 0.2) is 0 Å². The summed E-state index contributed by atoms with van der Waals surface area (Å²) in [4.78, 5) is 9.15. The van der Waals surface area contributed by atoms with Crippen LogP contribution < -0.4 is 37.3 Å². The molecule has 0 N–H and O–H groups in total. The Kier molecular flexibility index (Phi) is 23.6. The normalized spacial score (nSPS) is 18.7. The number of nitrogens with zero attached hydrogens (tertiary/aromatic N) is 6. The van der Waals surface area contributed by atoms with Crippen LogP contribution in [0.4, 0.5) is 0 Å². The fourth-order valence-electron chi connectivity index (χ4n) is 2.72. The molecule has 0 aliphatic carbocycles. The second-order valence-electron chi connectivity index (χ2n) is 6.94. The first-order valence-electron chi connectivity index (χ1n) is 9.45.